The van der Waals surface area contributed by atoms with Crippen LogP contribution in [0, 0.1) is 12.8 Å². The van der Waals surface area contributed by atoms with Crippen LogP contribution in [0.25, 0.3) is 5.82 Å². The van der Waals surface area contributed by atoms with Gasteiger partial charge in [0.15, 0.2) is 5.82 Å². The number of amides is 3. The van der Waals surface area contributed by atoms with E-state index in [0.29, 0.717) is 25.3 Å². The molecular weight excluding hydrogens is 404 g/mol. The first-order chi connectivity index (χ1) is 15.4. The quantitative estimate of drug-likeness (QED) is 0.482. The first-order valence-electron chi connectivity index (χ1n) is 10.7. The Labute approximate surface area is 188 Å². The molecule has 168 valence electrons. The third-order valence-corrected chi connectivity index (χ3v) is 4.92. The number of urea groups is 1. The zero-order valence-electron chi connectivity index (χ0n) is 18.7. The summed E-state index contributed by atoms with van der Waals surface area (Å²) in [6, 6.07) is 12.5. The van der Waals surface area contributed by atoms with Crippen molar-refractivity contribution < 1.29 is 9.59 Å². The average molecular weight is 435 g/mol. The maximum absolute atomic E-state index is 12.8. The number of benzene rings is 1. The predicted octanol–water partition coefficient (Wildman–Crippen LogP) is 3.11. The van der Waals surface area contributed by atoms with Crippen LogP contribution in [0.1, 0.15) is 37.0 Å². The zero-order valence-corrected chi connectivity index (χ0v) is 18.7. The van der Waals surface area contributed by atoms with Gasteiger partial charge in [-0.3, -0.25) is 4.79 Å². The van der Waals surface area contributed by atoms with E-state index in [1.54, 1.807) is 17.1 Å². The first-order valence-corrected chi connectivity index (χ1v) is 10.7. The number of nitrogens with zero attached hydrogens (tertiary/aromatic N) is 3. The summed E-state index contributed by atoms with van der Waals surface area (Å²) in [6.07, 6.45) is 5.71. The number of hydrogen-bond acceptors (Lipinski definition) is 4. The number of hydrogen-bond donors (Lipinski definition) is 3. The fourth-order valence-electron chi connectivity index (χ4n) is 3.21. The molecule has 0 spiro atoms. The van der Waals surface area contributed by atoms with E-state index in [9.17, 15) is 9.59 Å². The summed E-state index contributed by atoms with van der Waals surface area (Å²) in [5.41, 5.74) is 3.06. The number of carbonyl (C=O) groups excluding carboxylic acids is 2. The summed E-state index contributed by atoms with van der Waals surface area (Å²) in [4.78, 5) is 29.5. The maximum atomic E-state index is 12.8. The molecular formula is C24H30N6O2. The van der Waals surface area contributed by atoms with E-state index in [0.717, 1.165) is 16.7 Å². The second kappa shape index (κ2) is 11.1. The van der Waals surface area contributed by atoms with E-state index >= 15 is 0 Å². The molecule has 32 heavy (non-hydrogen) atoms. The molecule has 8 nitrogen and oxygen atoms in total. The van der Waals surface area contributed by atoms with Gasteiger partial charge in [-0.05, 0) is 48.6 Å². The fourth-order valence-corrected chi connectivity index (χ4v) is 3.21. The second-order valence-electron chi connectivity index (χ2n) is 8.19. The van der Waals surface area contributed by atoms with Crippen LogP contribution in [0.4, 0.5) is 4.79 Å². The molecule has 0 aliphatic rings. The van der Waals surface area contributed by atoms with Crippen LogP contribution in [0.2, 0.25) is 0 Å². The Morgan fingerprint density at radius 3 is 2.44 bits per heavy atom. The van der Waals surface area contributed by atoms with Crippen molar-refractivity contribution in [2.75, 3.05) is 0 Å². The minimum Gasteiger partial charge on any atom is -0.350 e. The lowest BCUT2D eigenvalue weighted by atomic mass is 10.0. The lowest BCUT2D eigenvalue weighted by molar-refractivity contribution is -0.123. The van der Waals surface area contributed by atoms with Gasteiger partial charge in [-0.1, -0.05) is 43.7 Å². The van der Waals surface area contributed by atoms with Crippen molar-refractivity contribution in [2.24, 2.45) is 5.92 Å². The number of aromatic nitrogens is 3. The Kier molecular flexibility index (Phi) is 7.96. The highest BCUT2D eigenvalue weighted by atomic mass is 16.2. The molecule has 3 rings (SSSR count). The third kappa shape index (κ3) is 6.94. The number of nitrogens with one attached hydrogen (secondary N) is 3. The summed E-state index contributed by atoms with van der Waals surface area (Å²) in [5.74, 6) is 0.700. The van der Waals surface area contributed by atoms with Crippen LogP contribution < -0.4 is 16.0 Å². The van der Waals surface area contributed by atoms with Crippen molar-refractivity contribution in [3.8, 4) is 5.82 Å². The van der Waals surface area contributed by atoms with E-state index in [1.807, 2.05) is 69.4 Å². The molecule has 3 aromatic rings. The predicted molar refractivity (Wildman–Crippen MR) is 123 cm³/mol. The summed E-state index contributed by atoms with van der Waals surface area (Å²) < 4.78 is 1.66. The molecule has 1 unspecified atom stereocenters. The van der Waals surface area contributed by atoms with Gasteiger partial charge in [0.05, 0.1) is 0 Å². The molecule has 0 bridgehead atoms. The summed E-state index contributed by atoms with van der Waals surface area (Å²) in [5, 5.41) is 12.7. The Morgan fingerprint density at radius 2 is 1.75 bits per heavy atom. The molecule has 0 radical (unpaired) electrons. The Morgan fingerprint density at radius 1 is 1.00 bits per heavy atom. The van der Waals surface area contributed by atoms with Crippen LogP contribution in [-0.4, -0.2) is 32.7 Å². The fraction of sp³-hybridized carbons (Fsp3) is 0.333. The molecule has 3 N–H and O–H groups in total. The molecule has 8 heteroatoms. The van der Waals surface area contributed by atoms with E-state index in [4.69, 9.17) is 0 Å². The van der Waals surface area contributed by atoms with Crippen molar-refractivity contribution in [1.82, 2.24) is 30.7 Å². The lowest BCUT2D eigenvalue weighted by Gasteiger charge is -2.20. The molecule has 2 aromatic heterocycles. The van der Waals surface area contributed by atoms with Crippen LogP contribution >= 0.6 is 0 Å². The molecule has 0 saturated heterocycles. The monoisotopic (exact) mass is 434 g/mol. The molecule has 0 fully saturated rings. The summed E-state index contributed by atoms with van der Waals surface area (Å²) in [7, 11) is 0. The van der Waals surface area contributed by atoms with E-state index in [2.05, 4.69) is 26.0 Å². The van der Waals surface area contributed by atoms with Crippen molar-refractivity contribution in [3.05, 3.63) is 77.7 Å². The minimum atomic E-state index is -0.625. The summed E-state index contributed by atoms with van der Waals surface area (Å²) >= 11 is 0. The van der Waals surface area contributed by atoms with Crippen molar-refractivity contribution >= 4 is 11.9 Å². The molecule has 3 amide bonds. The largest absolute Gasteiger partial charge is 0.350 e. The highest BCUT2D eigenvalue weighted by molar-refractivity contribution is 5.87. The Balaban J connectivity index is 1.55. The standard InChI is InChI=1S/C24H30N6O2/c1-17(2)13-21(29-24(32)27-15-19-7-5-18(3)6-8-19)23(31)26-16-20-9-11-25-22(14-20)30-12-4-10-28-30/h4-12,14,17,21H,13,15-16H2,1-3H3,(H,26,31)(H2,27,29,32). The van der Waals surface area contributed by atoms with E-state index in [-0.39, 0.29) is 17.9 Å². The molecule has 1 atom stereocenters. The molecule has 2 heterocycles. The number of pyridine rings is 1. The lowest BCUT2D eigenvalue weighted by Crippen LogP contribution is -2.50. The molecule has 0 saturated carbocycles. The van der Waals surface area contributed by atoms with Gasteiger partial charge in [0, 0.05) is 31.7 Å². The van der Waals surface area contributed by atoms with Gasteiger partial charge in [0.25, 0.3) is 0 Å². The second-order valence-corrected chi connectivity index (χ2v) is 8.19. The van der Waals surface area contributed by atoms with Gasteiger partial charge in [-0.15, -0.1) is 0 Å². The first kappa shape index (κ1) is 23.0. The normalized spacial score (nSPS) is 11.8. The average Bonchev–Trinajstić information content (AvgIpc) is 3.32. The highest BCUT2D eigenvalue weighted by Gasteiger charge is 2.21. The maximum Gasteiger partial charge on any atom is 0.315 e. The van der Waals surface area contributed by atoms with Crippen LogP contribution in [0.15, 0.2) is 61.1 Å². The number of rotatable bonds is 9. The molecule has 0 aliphatic heterocycles. The zero-order chi connectivity index (χ0) is 22.9. The summed E-state index contributed by atoms with van der Waals surface area (Å²) in [6.45, 7) is 6.78. The van der Waals surface area contributed by atoms with Crippen molar-refractivity contribution in [1.29, 1.82) is 0 Å². The van der Waals surface area contributed by atoms with Crippen LogP contribution in [-0.2, 0) is 17.9 Å². The van der Waals surface area contributed by atoms with Crippen LogP contribution in [0.3, 0.4) is 0 Å². The molecule has 0 aliphatic carbocycles. The van der Waals surface area contributed by atoms with Gasteiger partial charge in [0.2, 0.25) is 5.91 Å². The van der Waals surface area contributed by atoms with Gasteiger partial charge in [-0.25, -0.2) is 14.5 Å². The van der Waals surface area contributed by atoms with Gasteiger partial charge in [0.1, 0.15) is 6.04 Å². The van der Waals surface area contributed by atoms with Crippen molar-refractivity contribution in [3.63, 3.8) is 0 Å². The van der Waals surface area contributed by atoms with Crippen molar-refractivity contribution in [2.45, 2.75) is 46.3 Å². The van der Waals surface area contributed by atoms with Gasteiger partial charge < -0.3 is 16.0 Å². The Bertz CT molecular complexity index is 1020. The highest BCUT2D eigenvalue weighted by Crippen LogP contribution is 2.08. The van der Waals surface area contributed by atoms with E-state index in [1.165, 1.54) is 0 Å². The number of carbonyl (C=O) groups is 2. The van der Waals surface area contributed by atoms with Gasteiger partial charge >= 0.3 is 6.03 Å². The van der Waals surface area contributed by atoms with Gasteiger partial charge in [-0.2, -0.15) is 5.10 Å². The molecule has 1 aromatic carbocycles. The smallest absolute Gasteiger partial charge is 0.315 e. The third-order valence-electron chi connectivity index (χ3n) is 4.92. The van der Waals surface area contributed by atoms with Crippen LogP contribution in [0.5, 0.6) is 0 Å². The number of aryl methyl sites for hydroxylation is 1. The minimum absolute atomic E-state index is 0.221. The SMILES string of the molecule is Cc1ccc(CNC(=O)NC(CC(C)C)C(=O)NCc2ccnc(-n3cccn3)c2)cc1. The Hall–Kier alpha value is -3.68. The van der Waals surface area contributed by atoms with E-state index < -0.39 is 6.04 Å². The topological polar surface area (TPSA) is 101 Å².